The van der Waals surface area contributed by atoms with E-state index in [2.05, 4.69) is 5.32 Å². The number of carbonyl (C=O) groups is 2. The molecule has 3 rings (SSSR count). The van der Waals surface area contributed by atoms with E-state index < -0.39 is 5.92 Å². The molecule has 0 heterocycles. The number of nitrogens with one attached hydrogen (secondary N) is 1. The minimum absolute atomic E-state index is 0.0182. The normalized spacial score (nSPS) is 27.2. The van der Waals surface area contributed by atoms with E-state index in [1.54, 1.807) is 0 Å². The van der Waals surface area contributed by atoms with Crippen LogP contribution in [0.4, 0.5) is 0 Å². The van der Waals surface area contributed by atoms with Crippen LogP contribution in [0.1, 0.15) is 31.7 Å². The number of nitrogens with two attached hydrogens (primary N) is 1. The second-order valence-corrected chi connectivity index (χ2v) is 7.68. The Morgan fingerprint density at radius 1 is 1.22 bits per heavy atom. The average molecular weight is 374 g/mol. The lowest BCUT2D eigenvalue weighted by Gasteiger charge is -2.27. The van der Waals surface area contributed by atoms with Gasteiger partial charge in [-0.2, -0.15) is 0 Å². The maximum atomic E-state index is 12.7. The highest BCUT2D eigenvalue weighted by molar-refractivity contribution is 5.81. The molecule has 0 spiro atoms. The topological polar surface area (TPSA) is 90.6 Å². The van der Waals surface area contributed by atoms with Crippen molar-refractivity contribution in [3.63, 3.8) is 0 Å². The molecule has 2 bridgehead atoms. The van der Waals surface area contributed by atoms with E-state index in [1.165, 1.54) is 7.11 Å². The van der Waals surface area contributed by atoms with Gasteiger partial charge in [0.05, 0.1) is 25.6 Å². The van der Waals surface area contributed by atoms with Gasteiger partial charge in [0.25, 0.3) is 0 Å². The molecule has 2 aliphatic carbocycles. The Hall–Kier alpha value is -2.08. The second kappa shape index (κ2) is 8.74. The van der Waals surface area contributed by atoms with Crippen molar-refractivity contribution in [3.8, 4) is 5.75 Å². The van der Waals surface area contributed by atoms with Crippen LogP contribution in [0.5, 0.6) is 5.75 Å². The van der Waals surface area contributed by atoms with Gasteiger partial charge in [0.1, 0.15) is 5.75 Å². The molecule has 1 aromatic rings. The molecule has 0 radical (unpaired) electrons. The summed E-state index contributed by atoms with van der Waals surface area (Å²) in [5.41, 5.74) is 7.26. The first-order chi connectivity index (χ1) is 13.0. The van der Waals surface area contributed by atoms with Gasteiger partial charge >= 0.3 is 5.97 Å². The average Bonchev–Trinajstić information content (AvgIpc) is 3.27. The molecule has 0 aliphatic heterocycles. The summed E-state index contributed by atoms with van der Waals surface area (Å²) in [7, 11) is 1.38. The zero-order chi connectivity index (χ0) is 19.4. The zero-order valence-corrected chi connectivity index (χ0v) is 16.1. The third kappa shape index (κ3) is 4.43. The van der Waals surface area contributed by atoms with Crippen molar-refractivity contribution in [3.05, 3.63) is 29.8 Å². The number of fused-ring (bicyclic) bond motifs is 2. The summed E-state index contributed by atoms with van der Waals surface area (Å²) >= 11 is 0. The first kappa shape index (κ1) is 19.7. The molecule has 0 aromatic heterocycles. The predicted molar refractivity (Wildman–Crippen MR) is 102 cm³/mol. The summed E-state index contributed by atoms with van der Waals surface area (Å²) in [6.07, 6.45) is 3.79. The molecule has 5 atom stereocenters. The molecule has 6 nitrogen and oxygen atoms in total. The highest BCUT2D eigenvalue weighted by atomic mass is 16.5. The van der Waals surface area contributed by atoms with Crippen molar-refractivity contribution in [2.75, 3.05) is 20.3 Å². The summed E-state index contributed by atoms with van der Waals surface area (Å²) in [6, 6.07) is 7.61. The number of hydrogen-bond donors (Lipinski definition) is 2. The summed E-state index contributed by atoms with van der Waals surface area (Å²) in [4.78, 5) is 24.9. The van der Waals surface area contributed by atoms with E-state index in [0.717, 1.165) is 30.6 Å². The van der Waals surface area contributed by atoms with Crippen LogP contribution >= 0.6 is 0 Å². The fourth-order valence-electron chi connectivity index (χ4n) is 4.64. The molecular weight excluding hydrogens is 344 g/mol. The molecule has 27 heavy (non-hydrogen) atoms. The first-order valence-electron chi connectivity index (χ1n) is 9.86. The molecule has 1 aromatic carbocycles. The number of methoxy groups -OCH3 is 1. The van der Waals surface area contributed by atoms with Crippen molar-refractivity contribution in [2.45, 2.75) is 38.6 Å². The Bertz CT molecular complexity index is 659. The SMILES string of the molecule is CCOc1ccc(CC(CNC(=O)C2C3CCC(C3)C2N)C(=O)OC)cc1. The molecule has 2 fully saturated rings. The molecule has 1 amide bonds. The largest absolute Gasteiger partial charge is 0.494 e. The highest BCUT2D eigenvalue weighted by Gasteiger charge is 2.49. The highest BCUT2D eigenvalue weighted by Crippen LogP contribution is 2.47. The number of benzene rings is 1. The van der Waals surface area contributed by atoms with Gasteiger partial charge in [-0.25, -0.2) is 0 Å². The third-order valence-electron chi connectivity index (χ3n) is 6.06. The van der Waals surface area contributed by atoms with Gasteiger partial charge in [-0.15, -0.1) is 0 Å². The van der Waals surface area contributed by atoms with Crippen molar-refractivity contribution in [1.29, 1.82) is 0 Å². The Kier molecular flexibility index (Phi) is 6.37. The van der Waals surface area contributed by atoms with Crippen molar-refractivity contribution >= 4 is 11.9 Å². The standard InChI is InChI=1S/C21H30N2O4/c1-3-27-17-8-4-13(5-9-17)10-16(21(25)26-2)12-23-20(24)18-14-6-7-15(11-14)19(18)22/h4-5,8-9,14-16,18-19H,3,6-7,10-12,22H2,1-2H3,(H,23,24). The van der Waals surface area contributed by atoms with Crippen LogP contribution in [0.25, 0.3) is 0 Å². The Labute approximate surface area is 160 Å². The number of ether oxygens (including phenoxy) is 2. The first-order valence-corrected chi connectivity index (χ1v) is 9.86. The molecule has 5 unspecified atom stereocenters. The van der Waals surface area contributed by atoms with Gasteiger partial charge in [-0.3, -0.25) is 9.59 Å². The van der Waals surface area contributed by atoms with Gasteiger partial charge in [-0.1, -0.05) is 12.1 Å². The summed E-state index contributed by atoms with van der Waals surface area (Å²) < 4.78 is 10.4. The van der Waals surface area contributed by atoms with Crippen LogP contribution in [0.3, 0.4) is 0 Å². The number of esters is 1. The number of hydrogen-bond acceptors (Lipinski definition) is 5. The zero-order valence-electron chi connectivity index (χ0n) is 16.1. The van der Waals surface area contributed by atoms with Gasteiger partial charge in [0, 0.05) is 12.6 Å². The minimum Gasteiger partial charge on any atom is -0.494 e. The molecule has 148 valence electrons. The van der Waals surface area contributed by atoms with Crippen LogP contribution in [-0.2, 0) is 20.7 Å². The van der Waals surface area contributed by atoms with Crippen LogP contribution in [0.2, 0.25) is 0 Å². The fourth-order valence-corrected chi connectivity index (χ4v) is 4.64. The summed E-state index contributed by atoms with van der Waals surface area (Å²) in [5.74, 6) is 0.795. The number of rotatable bonds is 8. The van der Waals surface area contributed by atoms with Crippen LogP contribution in [-0.4, -0.2) is 38.2 Å². The Balaban J connectivity index is 1.58. The van der Waals surface area contributed by atoms with E-state index in [0.29, 0.717) is 24.9 Å². The quantitative estimate of drug-likeness (QED) is 0.678. The van der Waals surface area contributed by atoms with E-state index in [1.807, 2.05) is 31.2 Å². The fraction of sp³-hybridized carbons (Fsp3) is 0.619. The summed E-state index contributed by atoms with van der Waals surface area (Å²) in [6.45, 7) is 2.81. The van der Waals surface area contributed by atoms with Crippen molar-refractivity contribution in [2.24, 2.45) is 29.4 Å². The molecule has 6 heteroatoms. The maximum Gasteiger partial charge on any atom is 0.310 e. The molecule has 2 aliphatic rings. The maximum absolute atomic E-state index is 12.7. The minimum atomic E-state index is -0.424. The van der Waals surface area contributed by atoms with E-state index in [4.69, 9.17) is 15.2 Å². The number of carbonyl (C=O) groups excluding carboxylic acids is 2. The lowest BCUT2D eigenvalue weighted by molar-refractivity contribution is -0.145. The summed E-state index contributed by atoms with van der Waals surface area (Å²) in [5, 5.41) is 2.96. The monoisotopic (exact) mass is 374 g/mol. The Morgan fingerprint density at radius 2 is 1.93 bits per heavy atom. The van der Waals surface area contributed by atoms with Gasteiger partial charge in [0.15, 0.2) is 0 Å². The lowest BCUT2D eigenvalue weighted by atomic mass is 9.84. The molecule has 2 saturated carbocycles. The Morgan fingerprint density at radius 3 is 2.52 bits per heavy atom. The molecular formula is C21H30N2O4. The predicted octanol–water partition coefficient (Wildman–Crippen LogP) is 1.91. The van der Waals surface area contributed by atoms with E-state index >= 15 is 0 Å². The van der Waals surface area contributed by atoms with Crippen LogP contribution in [0.15, 0.2) is 24.3 Å². The van der Waals surface area contributed by atoms with Crippen LogP contribution < -0.4 is 15.8 Å². The van der Waals surface area contributed by atoms with E-state index in [-0.39, 0.29) is 30.4 Å². The van der Waals surface area contributed by atoms with Crippen LogP contribution in [0, 0.1) is 23.7 Å². The van der Waals surface area contributed by atoms with E-state index in [9.17, 15) is 9.59 Å². The van der Waals surface area contributed by atoms with Gasteiger partial charge < -0.3 is 20.5 Å². The van der Waals surface area contributed by atoms with Gasteiger partial charge in [0.2, 0.25) is 5.91 Å². The van der Waals surface area contributed by atoms with Crippen molar-refractivity contribution in [1.82, 2.24) is 5.32 Å². The van der Waals surface area contributed by atoms with Crippen molar-refractivity contribution < 1.29 is 19.1 Å². The number of amides is 1. The smallest absolute Gasteiger partial charge is 0.310 e. The van der Waals surface area contributed by atoms with Gasteiger partial charge in [-0.05, 0) is 62.1 Å². The lowest BCUT2D eigenvalue weighted by Crippen LogP contribution is -2.47. The molecule has 0 saturated heterocycles. The third-order valence-corrected chi connectivity index (χ3v) is 6.06. The molecule has 3 N–H and O–H groups in total. The second-order valence-electron chi connectivity index (χ2n) is 7.68.